The first-order chi connectivity index (χ1) is 11.2. The van der Waals surface area contributed by atoms with Crippen LogP contribution in [0.5, 0.6) is 5.75 Å². The lowest BCUT2D eigenvalue weighted by Crippen LogP contribution is -2.41. The van der Waals surface area contributed by atoms with E-state index in [0.29, 0.717) is 13.0 Å². The van der Waals surface area contributed by atoms with Crippen molar-refractivity contribution < 1.29 is 14.3 Å². The molecule has 0 radical (unpaired) electrons. The predicted octanol–water partition coefficient (Wildman–Crippen LogP) is 2.50. The second-order valence-electron chi connectivity index (χ2n) is 6.45. The largest absolute Gasteiger partial charge is 0.497 e. The monoisotopic (exact) mass is 316 g/mol. The average molecular weight is 316 g/mol. The number of nitrogens with one attached hydrogen (secondary N) is 1. The fraction of sp³-hybridized carbons (Fsp3) is 0.556. The number of hydrogen-bond donors (Lipinski definition) is 1. The second kappa shape index (κ2) is 7.02. The molecule has 1 heterocycles. The van der Waals surface area contributed by atoms with Gasteiger partial charge in [-0.1, -0.05) is 19.3 Å². The number of nitrogens with zero attached hydrogens (tertiary/aromatic N) is 1. The van der Waals surface area contributed by atoms with Gasteiger partial charge in [0.2, 0.25) is 11.8 Å². The molecule has 0 unspecified atom stereocenters. The van der Waals surface area contributed by atoms with Crippen molar-refractivity contribution in [2.45, 2.75) is 44.6 Å². The summed E-state index contributed by atoms with van der Waals surface area (Å²) in [5.41, 5.74) is 0.852. The Morgan fingerprint density at radius 2 is 1.87 bits per heavy atom. The molecule has 1 saturated heterocycles. The van der Waals surface area contributed by atoms with Crippen molar-refractivity contribution >= 4 is 17.5 Å². The summed E-state index contributed by atoms with van der Waals surface area (Å²) in [5, 5.41) is 3.08. The molecule has 2 fully saturated rings. The van der Waals surface area contributed by atoms with Crippen LogP contribution in [0.25, 0.3) is 0 Å². The summed E-state index contributed by atoms with van der Waals surface area (Å²) in [4.78, 5) is 26.3. The molecule has 1 aromatic carbocycles. The third kappa shape index (κ3) is 3.66. The van der Waals surface area contributed by atoms with Crippen LogP contribution in [0.4, 0.5) is 5.69 Å². The minimum atomic E-state index is -0.0842. The van der Waals surface area contributed by atoms with Gasteiger partial charge in [0, 0.05) is 24.6 Å². The van der Waals surface area contributed by atoms with E-state index in [1.165, 1.54) is 6.42 Å². The number of benzene rings is 1. The Bertz CT molecular complexity index is 564. The van der Waals surface area contributed by atoms with Crippen LogP contribution >= 0.6 is 0 Å². The van der Waals surface area contributed by atoms with E-state index < -0.39 is 0 Å². The highest BCUT2D eigenvalue weighted by Gasteiger charge is 2.33. The van der Waals surface area contributed by atoms with Gasteiger partial charge in [0.1, 0.15) is 5.75 Å². The Morgan fingerprint density at radius 1 is 1.17 bits per heavy atom. The zero-order valence-corrected chi connectivity index (χ0v) is 13.6. The highest BCUT2D eigenvalue weighted by Crippen LogP contribution is 2.26. The number of carbonyl (C=O) groups excluding carboxylic acids is 2. The summed E-state index contributed by atoms with van der Waals surface area (Å²) in [7, 11) is 1.62. The van der Waals surface area contributed by atoms with E-state index in [-0.39, 0.29) is 23.8 Å². The average Bonchev–Trinajstić information content (AvgIpc) is 2.96. The maximum absolute atomic E-state index is 12.3. The smallest absolute Gasteiger partial charge is 0.229 e. The molecule has 3 rings (SSSR count). The lowest BCUT2D eigenvalue weighted by molar-refractivity contribution is -0.126. The molecule has 1 N–H and O–H groups in total. The van der Waals surface area contributed by atoms with Crippen LogP contribution < -0.4 is 15.0 Å². The van der Waals surface area contributed by atoms with Gasteiger partial charge in [0.15, 0.2) is 0 Å². The lowest BCUT2D eigenvalue weighted by Gasteiger charge is -2.23. The van der Waals surface area contributed by atoms with Crippen LogP contribution in [-0.4, -0.2) is 31.5 Å². The van der Waals surface area contributed by atoms with E-state index in [1.807, 2.05) is 24.3 Å². The van der Waals surface area contributed by atoms with Crippen molar-refractivity contribution in [2.24, 2.45) is 5.92 Å². The fourth-order valence-corrected chi connectivity index (χ4v) is 3.50. The Hall–Kier alpha value is -2.04. The van der Waals surface area contributed by atoms with Crippen LogP contribution in [-0.2, 0) is 9.59 Å². The van der Waals surface area contributed by atoms with Crippen molar-refractivity contribution in [3.63, 3.8) is 0 Å². The maximum atomic E-state index is 12.3. The Labute approximate surface area is 137 Å². The first-order valence-corrected chi connectivity index (χ1v) is 8.42. The molecule has 1 atom stereocenters. The van der Waals surface area contributed by atoms with Crippen LogP contribution in [0.2, 0.25) is 0 Å². The number of amides is 2. The summed E-state index contributed by atoms with van der Waals surface area (Å²) in [6, 6.07) is 7.36. The van der Waals surface area contributed by atoms with E-state index in [1.54, 1.807) is 12.0 Å². The number of methoxy groups -OCH3 is 1. The number of ether oxygens (including phenoxy) is 1. The van der Waals surface area contributed by atoms with Gasteiger partial charge in [-0.25, -0.2) is 0 Å². The molecular formula is C18H24N2O3. The van der Waals surface area contributed by atoms with Crippen molar-refractivity contribution in [2.75, 3.05) is 18.6 Å². The lowest BCUT2D eigenvalue weighted by atomic mass is 9.88. The van der Waals surface area contributed by atoms with Gasteiger partial charge in [-0.2, -0.15) is 0 Å². The summed E-state index contributed by atoms with van der Waals surface area (Å²) in [6.07, 6.45) is 5.85. The molecule has 1 aliphatic heterocycles. The quantitative estimate of drug-likeness (QED) is 0.928. The van der Waals surface area contributed by atoms with E-state index >= 15 is 0 Å². The molecule has 0 spiro atoms. The molecule has 5 heteroatoms. The van der Waals surface area contributed by atoms with Gasteiger partial charge in [-0.15, -0.1) is 0 Å². The molecule has 23 heavy (non-hydrogen) atoms. The van der Waals surface area contributed by atoms with Gasteiger partial charge in [-0.3, -0.25) is 9.59 Å². The van der Waals surface area contributed by atoms with E-state index in [0.717, 1.165) is 37.1 Å². The molecule has 1 aliphatic carbocycles. The molecular weight excluding hydrogens is 292 g/mol. The third-order valence-electron chi connectivity index (χ3n) is 4.83. The van der Waals surface area contributed by atoms with Crippen LogP contribution in [0, 0.1) is 5.92 Å². The topological polar surface area (TPSA) is 58.6 Å². The molecule has 5 nitrogen and oxygen atoms in total. The standard InChI is InChI=1S/C18H24N2O3/c1-23-16-9-7-15(8-10-16)20-12-14(11-17(20)21)19-18(22)13-5-3-2-4-6-13/h7-10,13-14H,2-6,11-12H2,1H3,(H,19,22)/t14-/m1/s1. The second-order valence-corrected chi connectivity index (χ2v) is 6.45. The van der Waals surface area contributed by atoms with Gasteiger partial charge in [0.05, 0.1) is 13.2 Å². The summed E-state index contributed by atoms with van der Waals surface area (Å²) >= 11 is 0. The van der Waals surface area contributed by atoms with Gasteiger partial charge >= 0.3 is 0 Å². The molecule has 2 amide bonds. The SMILES string of the molecule is COc1ccc(N2C[C@H](NC(=O)C3CCCCC3)CC2=O)cc1. The zero-order valence-electron chi connectivity index (χ0n) is 13.6. The Kier molecular flexibility index (Phi) is 4.84. The number of carbonyl (C=O) groups is 2. The molecule has 0 bridgehead atoms. The summed E-state index contributed by atoms with van der Waals surface area (Å²) in [5.74, 6) is 1.08. The van der Waals surface area contributed by atoms with E-state index in [4.69, 9.17) is 4.74 Å². The number of anilines is 1. The molecule has 124 valence electrons. The van der Waals surface area contributed by atoms with Gasteiger partial charge in [-0.05, 0) is 37.1 Å². The van der Waals surface area contributed by atoms with Crippen LogP contribution in [0.3, 0.4) is 0 Å². The Balaban J connectivity index is 1.59. The first-order valence-electron chi connectivity index (χ1n) is 8.42. The van der Waals surface area contributed by atoms with Gasteiger partial charge < -0.3 is 15.0 Å². The number of hydrogen-bond acceptors (Lipinski definition) is 3. The highest BCUT2D eigenvalue weighted by atomic mass is 16.5. The van der Waals surface area contributed by atoms with Crippen molar-refractivity contribution in [1.29, 1.82) is 0 Å². The molecule has 0 aromatic heterocycles. The van der Waals surface area contributed by atoms with E-state index in [9.17, 15) is 9.59 Å². The summed E-state index contributed by atoms with van der Waals surface area (Å²) in [6.45, 7) is 0.545. The number of rotatable bonds is 4. The predicted molar refractivity (Wildman–Crippen MR) is 88.5 cm³/mol. The fourth-order valence-electron chi connectivity index (χ4n) is 3.50. The third-order valence-corrected chi connectivity index (χ3v) is 4.83. The van der Waals surface area contributed by atoms with Crippen LogP contribution in [0.1, 0.15) is 38.5 Å². The minimum Gasteiger partial charge on any atom is -0.497 e. The van der Waals surface area contributed by atoms with Gasteiger partial charge in [0.25, 0.3) is 0 Å². The first kappa shape index (κ1) is 15.8. The maximum Gasteiger partial charge on any atom is 0.229 e. The van der Waals surface area contributed by atoms with Crippen LogP contribution in [0.15, 0.2) is 24.3 Å². The molecule has 1 aromatic rings. The normalized spacial score (nSPS) is 22.2. The molecule has 2 aliphatic rings. The Morgan fingerprint density at radius 3 is 2.52 bits per heavy atom. The van der Waals surface area contributed by atoms with Crippen molar-refractivity contribution in [3.8, 4) is 5.75 Å². The molecule has 1 saturated carbocycles. The summed E-state index contributed by atoms with van der Waals surface area (Å²) < 4.78 is 5.14. The zero-order chi connectivity index (χ0) is 16.2. The minimum absolute atomic E-state index is 0.0594. The van der Waals surface area contributed by atoms with Crippen molar-refractivity contribution in [3.05, 3.63) is 24.3 Å². The van der Waals surface area contributed by atoms with Crippen molar-refractivity contribution in [1.82, 2.24) is 5.32 Å². The van der Waals surface area contributed by atoms with E-state index in [2.05, 4.69) is 5.32 Å². The highest BCUT2D eigenvalue weighted by molar-refractivity contribution is 5.97.